The van der Waals surface area contributed by atoms with Crippen LogP contribution < -0.4 is 4.74 Å². The van der Waals surface area contributed by atoms with E-state index in [0.717, 1.165) is 41.0 Å². The van der Waals surface area contributed by atoms with Gasteiger partial charge in [0.15, 0.2) is 0 Å². The van der Waals surface area contributed by atoms with Crippen LogP contribution in [0.25, 0.3) is 11.1 Å². The van der Waals surface area contributed by atoms with Crippen LogP contribution in [0.1, 0.15) is 18.1 Å². The maximum atomic E-state index is 12.6. The second kappa shape index (κ2) is 4.54. The van der Waals surface area contributed by atoms with Gasteiger partial charge in [0.1, 0.15) is 11.9 Å². The van der Waals surface area contributed by atoms with Crippen LogP contribution in [-0.4, -0.2) is 6.10 Å². The molecule has 0 radical (unpaired) electrons. The molecule has 1 nitrogen and oxygen atoms in total. The van der Waals surface area contributed by atoms with Crippen molar-refractivity contribution in [2.24, 2.45) is 0 Å². The number of benzene rings is 2. The standard InChI is InChI=1S/C16H13F3O/c1-10-9-12-3-2-4-14(15(12)20-10)11-5-7-13(8-6-11)16(17,18)19/h2-8,10H,9H2,1H3. The molecule has 3 rings (SSSR count). The Morgan fingerprint density at radius 1 is 1.05 bits per heavy atom. The summed E-state index contributed by atoms with van der Waals surface area (Å²) in [7, 11) is 0. The fourth-order valence-corrected chi connectivity index (χ4v) is 2.50. The van der Waals surface area contributed by atoms with Gasteiger partial charge in [0, 0.05) is 12.0 Å². The molecule has 1 heterocycles. The predicted octanol–water partition coefficient (Wildman–Crippen LogP) is 4.70. The topological polar surface area (TPSA) is 9.23 Å². The molecule has 0 N–H and O–H groups in total. The van der Waals surface area contributed by atoms with Crippen LogP contribution in [0.2, 0.25) is 0 Å². The van der Waals surface area contributed by atoms with Gasteiger partial charge in [-0.2, -0.15) is 13.2 Å². The molecule has 1 aliphatic rings. The van der Waals surface area contributed by atoms with Gasteiger partial charge in [-0.3, -0.25) is 0 Å². The fourth-order valence-electron chi connectivity index (χ4n) is 2.50. The molecule has 0 amide bonds. The minimum Gasteiger partial charge on any atom is -0.489 e. The molecule has 1 aliphatic heterocycles. The van der Waals surface area contributed by atoms with E-state index in [9.17, 15) is 13.2 Å². The molecule has 0 bridgehead atoms. The summed E-state index contributed by atoms with van der Waals surface area (Å²) in [6, 6.07) is 11.0. The largest absolute Gasteiger partial charge is 0.489 e. The van der Waals surface area contributed by atoms with Gasteiger partial charge in [0.25, 0.3) is 0 Å². The van der Waals surface area contributed by atoms with E-state index in [0.29, 0.717) is 0 Å². The molecule has 2 aromatic rings. The van der Waals surface area contributed by atoms with Crippen molar-refractivity contribution in [3.8, 4) is 16.9 Å². The number of halogens is 3. The van der Waals surface area contributed by atoms with E-state index in [1.54, 1.807) is 0 Å². The molecule has 104 valence electrons. The Bertz CT molecular complexity index is 629. The zero-order valence-corrected chi connectivity index (χ0v) is 10.9. The highest BCUT2D eigenvalue weighted by Gasteiger charge is 2.30. The van der Waals surface area contributed by atoms with Crippen molar-refractivity contribution in [1.82, 2.24) is 0 Å². The Kier molecular flexibility index (Phi) is 2.96. The van der Waals surface area contributed by atoms with Crippen molar-refractivity contribution in [2.75, 3.05) is 0 Å². The number of para-hydroxylation sites is 1. The van der Waals surface area contributed by atoms with Crippen LogP contribution in [0.15, 0.2) is 42.5 Å². The van der Waals surface area contributed by atoms with E-state index in [1.165, 1.54) is 12.1 Å². The Labute approximate surface area is 115 Å². The molecule has 20 heavy (non-hydrogen) atoms. The molecule has 2 aromatic carbocycles. The van der Waals surface area contributed by atoms with Crippen LogP contribution >= 0.6 is 0 Å². The van der Waals surface area contributed by atoms with E-state index in [4.69, 9.17) is 4.74 Å². The highest BCUT2D eigenvalue weighted by molar-refractivity contribution is 5.73. The zero-order chi connectivity index (χ0) is 14.3. The highest BCUT2D eigenvalue weighted by Crippen LogP contribution is 2.39. The molecule has 0 saturated carbocycles. The minimum absolute atomic E-state index is 0.112. The van der Waals surface area contributed by atoms with E-state index >= 15 is 0 Å². The number of fused-ring (bicyclic) bond motifs is 1. The van der Waals surface area contributed by atoms with Crippen LogP contribution in [0.4, 0.5) is 13.2 Å². The molecule has 0 fully saturated rings. The fraction of sp³-hybridized carbons (Fsp3) is 0.250. The lowest BCUT2D eigenvalue weighted by Crippen LogP contribution is -2.05. The molecular weight excluding hydrogens is 265 g/mol. The monoisotopic (exact) mass is 278 g/mol. The number of alkyl halides is 3. The maximum Gasteiger partial charge on any atom is 0.416 e. The SMILES string of the molecule is CC1Cc2cccc(-c3ccc(C(F)(F)F)cc3)c2O1. The van der Waals surface area contributed by atoms with Crippen molar-refractivity contribution >= 4 is 0 Å². The molecule has 0 spiro atoms. The Morgan fingerprint density at radius 2 is 1.75 bits per heavy atom. The Morgan fingerprint density at radius 3 is 2.40 bits per heavy atom. The molecular formula is C16H13F3O. The summed E-state index contributed by atoms with van der Waals surface area (Å²) in [6.07, 6.45) is -3.35. The van der Waals surface area contributed by atoms with Crippen molar-refractivity contribution in [1.29, 1.82) is 0 Å². The van der Waals surface area contributed by atoms with Gasteiger partial charge in [-0.1, -0.05) is 30.3 Å². The van der Waals surface area contributed by atoms with E-state index in [1.807, 2.05) is 25.1 Å². The van der Waals surface area contributed by atoms with Crippen molar-refractivity contribution in [3.63, 3.8) is 0 Å². The highest BCUT2D eigenvalue weighted by atomic mass is 19.4. The normalized spacial score (nSPS) is 17.7. The number of hydrogen-bond donors (Lipinski definition) is 0. The Balaban J connectivity index is 2.01. The molecule has 1 atom stereocenters. The van der Waals surface area contributed by atoms with Gasteiger partial charge in [-0.25, -0.2) is 0 Å². The number of rotatable bonds is 1. The molecule has 0 saturated heterocycles. The van der Waals surface area contributed by atoms with Crippen LogP contribution in [0, 0.1) is 0 Å². The van der Waals surface area contributed by atoms with Gasteiger partial charge in [-0.05, 0) is 30.2 Å². The number of ether oxygens (including phenoxy) is 1. The second-order valence-corrected chi connectivity index (χ2v) is 5.00. The van der Waals surface area contributed by atoms with Crippen LogP contribution in [0.3, 0.4) is 0 Å². The summed E-state index contributed by atoms with van der Waals surface area (Å²) in [6.45, 7) is 1.98. The van der Waals surface area contributed by atoms with Crippen molar-refractivity contribution in [2.45, 2.75) is 25.6 Å². The second-order valence-electron chi connectivity index (χ2n) is 5.00. The van der Waals surface area contributed by atoms with Crippen LogP contribution in [-0.2, 0) is 12.6 Å². The summed E-state index contributed by atoms with van der Waals surface area (Å²) in [5.41, 5.74) is 2.06. The lowest BCUT2D eigenvalue weighted by atomic mass is 9.99. The predicted molar refractivity (Wildman–Crippen MR) is 70.7 cm³/mol. The summed E-state index contributed by atoms with van der Waals surface area (Å²) < 4.78 is 43.5. The average Bonchev–Trinajstić information content (AvgIpc) is 2.78. The molecule has 0 aromatic heterocycles. The summed E-state index contributed by atoms with van der Waals surface area (Å²) >= 11 is 0. The van der Waals surface area contributed by atoms with E-state index < -0.39 is 11.7 Å². The van der Waals surface area contributed by atoms with Gasteiger partial charge >= 0.3 is 6.18 Å². The van der Waals surface area contributed by atoms with Crippen LogP contribution in [0.5, 0.6) is 5.75 Å². The third-order valence-electron chi connectivity index (χ3n) is 3.45. The first-order valence-electron chi connectivity index (χ1n) is 6.41. The lowest BCUT2D eigenvalue weighted by molar-refractivity contribution is -0.137. The third-order valence-corrected chi connectivity index (χ3v) is 3.45. The summed E-state index contributed by atoms with van der Waals surface area (Å²) in [4.78, 5) is 0. The van der Waals surface area contributed by atoms with Gasteiger partial charge in [0.2, 0.25) is 0 Å². The molecule has 4 heteroatoms. The maximum absolute atomic E-state index is 12.6. The first-order chi connectivity index (χ1) is 9.45. The lowest BCUT2D eigenvalue weighted by Gasteiger charge is -2.11. The molecule has 0 aliphatic carbocycles. The van der Waals surface area contributed by atoms with E-state index in [-0.39, 0.29) is 6.10 Å². The average molecular weight is 278 g/mol. The zero-order valence-electron chi connectivity index (χ0n) is 10.9. The smallest absolute Gasteiger partial charge is 0.416 e. The quantitative estimate of drug-likeness (QED) is 0.735. The van der Waals surface area contributed by atoms with Crippen molar-refractivity contribution in [3.05, 3.63) is 53.6 Å². The van der Waals surface area contributed by atoms with Gasteiger partial charge in [0.05, 0.1) is 5.56 Å². The molecule has 1 unspecified atom stereocenters. The van der Waals surface area contributed by atoms with E-state index in [2.05, 4.69) is 0 Å². The first kappa shape index (κ1) is 13.0. The van der Waals surface area contributed by atoms with Gasteiger partial charge < -0.3 is 4.74 Å². The summed E-state index contributed by atoms with van der Waals surface area (Å²) in [5.74, 6) is 0.791. The first-order valence-corrected chi connectivity index (χ1v) is 6.41. The Hall–Kier alpha value is -1.97. The van der Waals surface area contributed by atoms with Gasteiger partial charge in [-0.15, -0.1) is 0 Å². The number of hydrogen-bond acceptors (Lipinski definition) is 1. The summed E-state index contributed by atoms with van der Waals surface area (Å²) in [5, 5.41) is 0. The third kappa shape index (κ3) is 2.26. The minimum atomic E-state index is -4.30. The van der Waals surface area contributed by atoms with Crippen molar-refractivity contribution < 1.29 is 17.9 Å².